The van der Waals surface area contributed by atoms with Crippen LogP contribution in [0.4, 0.5) is 0 Å². The number of benzene rings is 1. The third kappa shape index (κ3) is 2.13. The fourth-order valence-electron chi connectivity index (χ4n) is 1.30. The maximum absolute atomic E-state index is 6.18. The second kappa shape index (κ2) is 3.96. The monoisotopic (exact) mass is 228 g/mol. The zero-order valence-corrected chi connectivity index (χ0v) is 10.2. The lowest BCUT2D eigenvalue weighted by atomic mass is 9.86. The maximum Gasteiger partial charge on any atom is 0.0667 e. The van der Waals surface area contributed by atoms with Crippen LogP contribution in [0.15, 0.2) is 18.7 Å². The summed E-state index contributed by atoms with van der Waals surface area (Å²) in [6.07, 6.45) is 1.71. The molecular weight excluding hydrogens is 215 g/mol. The molecule has 0 nitrogen and oxygen atoms in total. The first-order valence-corrected chi connectivity index (χ1v) is 5.24. The van der Waals surface area contributed by atoms with E-state index in [0.717, 1.165) is 11.1 Å². The van der Waals surface area contributed by atoms with Crippen molar-refractivity contribution in [2.45, 2.75) is 26.2 Å². The van der Waals surface area contributed by atoms with Crippen LogP contribution in [0.3, 0.4) is 0 Å². The topological polar surface area (TPSA) is 0 Å². The Hall–Kier alpha value is -0.460. The van der Waals surface area contributed by atoms with Crippen LogP contribution in [-0.4, -0.2) is 0 Å². The summed E-state index contributed by atoms with van der Waals surface area (Å²) in [6.45, 7) is 10.0. The number of rotatable bonds is 1. The minimum atomic E-state index is 0.0143. The number of hydrogen-bond donors (Lipinski definition) is 0. The van der Waals surface area contributed by atoms with E-state index in [2.05, 4.69) is 27.4 Å². The SMILES string of the molecule is C=Cc1ccc(C(C)(C)C)c(Cl)c1Cl. The molecular formula is C12H14Cl2. The summed E-state index contributed by atoms with van der Waals surface area (Å²) >= 11 is 12.3. The quantitative estimate of drug-likeness (QED) is 0.640. The Labute approximate surface area is 95.5 Å². The molecule has 1 aromatic rings. The number of hydrogen-bond acceptors (Lipinski definition) is 0. The summed E-state index contributed by atoms with van der Waals surface area (Å²) in [5, 5.41) is 1.23. The largest absolute Gasteiger partial charge is 0.0984 e. The fourth-order valence-corrected chi connectivity index (χ4v) is 2.00. The third-order valence-electron chi connectivity index (χ3n) is 2.14. The summed E-state index contributed by atoms with van der Waals surface area (Å²) in [7, 11) is 0. The second-order valence-electron chi connectivity index (χ2n) is 4.28. The molecule has 14 heavy (non-hydrogen) atoms. The molecule has 0 aromatic heterocycles. The van der Waals surface area contributed by atoms with Crippen LogP contribution in [0.5, 0.6) is 0 Å². The predicted octanol–water partition coefficient (Wildman–Crippen LogP) is 4.93. The summed E-state index contributed by atoms with van der Waals surface area (Å²) in [4.78, 5) is 0. The van der Waals surface area contributed by atoms with E-state index in [1.54, 1.807) is 6.08 Å². The molecule has 0 radical (unpaired) electrons. The van der Waals surface area contributed by atoms with Crippen LogP contribution in [0, 0.1) is 0 Å². The van der Waals surface area contributed by atoms with Gasteiger partial charge < -0.3 is 0 Å². The van der Waals surface area contributed by atoms with Crippen molar-refractivity contribution < 1.29 is 0 Å². The van der Waals surface area contributed by atoms with Gasteiger partial charge in [-0.1, -0.05) is 68.8 Å². The van der Waals surface area contributed by atoms with E-state index in [0.29, 0.717) is 10.0 Å². The van der Waals surface area contributed by atoms with E-state index in [-0.39, 0.29) is 5.41 Å². The standard InChI is InChI=1S/C12H14Cl2/c1-5-8-6-7-9(12(2,3)4)11(14)10(8)13/h5-7H,1H2,2-4H3. The number of halogens is 2. The minimum Gasteiger partial charge on any atom is -0.0984 e. The van der Waals surface area contributed by atoms with Gasteiger partial charge in [0.05, 0.1) is 10.0 Å². The van der Waals surface area contributed by atoms with E-state index in [9.17, 15) is 0 Å². The Kier molecular flexibility index (Phi) is 3.28. The summed E-state index contributed by atoms with van der Waals surface area (Å²) in [5.41, 5.74) is 1.96. The highest BCUT2D eigenvalue weighted by Crippen LogP contribution is 2.36. The lowest BCUT2D eigenvalue weighted by molar-refractivity contribution is 0.590. The normalized spacial score (nSPS) is 11.5. The molecule has 0 bridgehead atoms. The average Bonchev–Trinajstić information content (AvgIpc) is 2.07. The van der Waals surface area contributed by atoms with Crippen LogP contribution in [0.2, 0.25) is 10.0 Å². The van der Waals surface area contributed by atoms with Gasteiger partial charge >= 0.3 is 0 Å². The third-order valence-corrected chi connectivity index (χ3v) is 3.04. The van der Waals surface area contributed by atoms with E-state index in [4.69, 9.17) is 23.2 Å². The van der Waals surface area contributed by atoms with Crippen LogP contribution in [0.25, 0.3) is 6.08 Å². The Morgan fingerprint density at radius 2 is 1.71 bits per heavy atom. The van der Waals surface area contributed by atoms with E-state index in [1.165, 1.54) is 0 Å². The maximum atomic E-state index is 6.18. The van der Waals surface area contributed by atoms with Crippen LogP contribution in [-0.2, 0) is 5.41 Å². The van der Waals surface area contributed by atoms with Crippen molar-refractivity contribution in [3.63, 3.8) is 0 Å². The predicted molar refractivity (Wildman–Crippen MR) is 65.3 cm³/mol. The molecule has 0 aliphatic heterocycles. The molecule has 0 aliphatic rings. The van der Waals surface area contributed by atoms with Crippen molar-refractivity contribution in [1.82, 2.24) is 0 Å². The van der Waals surface area contributed by atoms with E-state index < -0.39 is 0 Å². The molecule has 0 amide bonds. The van der Waals surface area contributed by atoms with Gasteiger partial charge in [-0.05, 0) is 16.5 Å². The van der Waals surface area contributed by atoms with Gasteiger partial charge in [0.2, 0.25) is 0 Å². The zero-order valence-electron chi connectivity index (χ0n) is 8.70. The fraction of sp³-hybridized carbons (Fsp3) is 0.333. The molecule has 1 rings (SSSR count). The lowest BCUT2D eigenvalue weighted by Gasteiger charge is -2.21. The van der Waals surface area contributed by atoms with Crippen LogP contribution in [0.1, 0.15) is 31.9 Å². The van der Waals surface area contributed by atoms with Gasteiger partial charge in [-0.25, -0.2) is 0 Å². The van der Waals surface area contributed by atoms with Gasteiger partial charge in [0.15, 0.2) is 0 Å². The Morgan fingerprint density at radius 1 is 1.14 bits per heavy atom. The van der Waals surface area contributed by atoms with Crippen molar-refractivity contribution in [3.05, 3.63) is 39.9 Å². The van der Waals surface area contributed by atoms with Gasteiger partial charge in [0.25, 0.3) is 0 Å². The molecule has 0 fully saturated rings. The zero-order chi connectivity index (χ0) is 10.9. The summed E-state index contributed by atoms with van der Waals surface area (Å²) in [5.74, 6) is 0. The van der Waals surface area contributed by atoms with Crippen LogP contribution < -0.4 is 0 Å². The van der Waals surface area contributed by atoms with Gasteiger partial charge in [-0.3, -0.25) is 0 Å². The highest BCUT2D eigenvalue weighted by Gasteiger charge is 2.19. The second-order valence-corrected chi connectivity index (χ2v) is 5.04. The van der Waals surface area contributed by atoms with E-state index in [1.807, 2.05) is 12.1 Å². The Balaban J connectivity index is 3.38. The molecule has 0 spiro atoms. The van der Waals surface area contributed by atoms with Gasteiger partial charge in [-0.15, -0.1) is 0 Å². The molecule has 0 heterocycles. The van der Waals surface area contributed by atoms with Gasteiger partial charge in [0.1, 0.15) is 0 Å². The molecule has 1 aromatic carbocycles. The van der Waals surface area contributed by atoms with Gasteiger partial charge in [-0.2, -0.15) is 0 Å². The first-order valence-electron chi connectivity index (χ1n) is 4.49. The van der Waals surface area contributed by atoms with Crippen molar-refractivity contribution in [3.8, 4) is 0 Å². The van der Waals surface area contributed by atoms with E-state index >= 15 is 0 Å². The highest BCUT2D eigenvalue weighted by molar-refractivity contribution is 6.43. The Bertz CT molecular complexity index is 359. The molecule has 0 saturated heterocycles. The molecule has 2 heteroatoms. The van der Waals surface area contributed by atoms with Gasteiger partial charge in [0, 0.05) is 0 Å². The molecule has 0 N–H and O–H groups in total. The summed E-state index contributed by atoms with van der Waals surface area (Å²) < 4.78 is 0. The van der Waals surface area contributed by atoms with Crippen molar-refractivity contribution >= 4 is 29.3 Å². The molecule has 0 atom stereocenters. The summed E-state index contributed by atoms with van der Waals surface area (Å²) in [6, 6.07) is 3.95. The molecule has 0 unspecified atom stereocenters. The molecule has 76 valence electrons. The van der Waals surface area contributed by atoms with Crippen molar-refractivity contribution in [2.24, 2.45) is 0 Å². The first-order chi connectivity index (χ1) is 6.38. The highest BCUT2D eigenvalue weighted by atomic mass is 35.5. The smallest absolute Gasteiger partial charge is 0.0667 e. The van der Waals surface area contributed by atoms with Crippen molar-refractivity contribution in [1.29, 1.82) is 0 Å². The average molecular weight is 229 g/mol. The minimum absolute atomic E-state index is 0.0143. The lowest BCUT2D eigenvalue weighted by Crippen LogP contribution is -2.12. The van der Waals surface area contributed by atoms with Crippen LogP contribution >= 0.6 is 23.2 Å². The molecule has 0 saturated carbocycles. The molecule has 0 aliphatic carbocycles. The van der Waals surface area contributed by atoms with Crippen molar-refractivity contribution in [2.75, 3.05) is 0 Å². The first kappa shape index (κ1) is 11.6. The Morgan fingerprint density at radius 3 is 2.14 bits per heavy atom.